The first-order valence-electron chi connectivity index (χ1n) is 5.04. The Labute approximate surface area is 85.2 Å². The van der Waals surface area contributed by atoms with E-state index >= 15 is 0 Å². The minimum Gasteiger partial charge on any atom is -0.452 e. The molecule has 1 atom stereocenters. The maximum atomic E-state index is 9.96. The molecule has 1 saturated heterocycles. The van der Waals surface area contributed by atoms with Gasteiger partial charge in [-0.2, -0.15) is 0 Å². The summed E-state index contributed by atoms with van der Waals surface area (Å²) in [5.41, 5.74) is 0.0371. The summed E-state index contributed by atoms with van der Waals surface area (Å²) in [5.74, 6) is 0. The van der Waals surface area contributed by atoms with Gasteiger partial charge in [-0.25, -0.2) is 0 Å². The van der Waals surface area contributed by atoms with Crippen molar-refractivity contribution in [2.45, 2.75) is 31.8 Å². The summed E-state index contributed by atoms with van der Waals surface area (Å²) < 4.78 is 10.3. The molecule has 0 aliphatic carbocycles. The number of hydrogen-bond donors (Lipinski definition) is 0. The SMILES string of the molecule is CN(CCC1(C)CCCO1)COC=O. The van der Waals surface area contributed by atoms with Crippen LogP contribution in [0, 0.1) is 0 Å². The zero-order valence-corrected chi connectivity index (χ0v) is 8.99. The highest BCUT2D eigenvalue weighted by Gasteiger charge is 2.29. The van der Waals surface area contributed by atoms with Crippen molar-refractivity contribution < 1.29 is 14.3 Å². The van der Waals surface area contributed by atoms with E-state index in [1.54, 1.807) is 0 Å². The fourth-order valence-corrected chi connectivity index (χ4v) is 1.68. The molecule has 0 amide bonds. The molecule has 1 fully saturated rings. The van der Waals surface area contributed by atoms with Crippen LogP contribution in [0.5, 0.6) is 0 Å². The van der Waals surface area contributed by atoms with Gasteiger partial charge in [0.1, 0.15) is 6.73 Å². The molecular formula is C10H19NO3. The van der Waals surface area contributed by atoms with E-state index in [0.29, 0.717) is 13.2 Å². The minimum absolute atomic E-state index is 0.0371. The third-order valence-electron chi connectivity index (χ3n) is 2.69. The van der Waals surface area contributed by atoms with Gasteiger partial charge in [0.15, 0.2) is 0 Å². The molecule has 14 heavy (non-hydrogen) atoms. The van der Waals surface area contributed by atoms with Crippen LogP contribution in [0.4, 0.5) is 0 Å². The number of hydrogen-bond acceptors (Lipinski definition) is 4. The molecule has 4 heteroatoms. The van der Waals surface area contributed by atoms with E-state index < -0.39 is 0 Å². The van der Waals surface area contributed by atoms with E-state index in [2.05, 4.69) is 11.7 Å². The van der Waals surface area contributed by atoms with Crippen LogP contribution >= 0.6 is 0 Å². The van der Waals surface area contributed by atoms with Gasteiger partial charge >= 0.3 is 0 Å². The summed E-state index contributed by atoms with van der Waals surface area (Å²) in [5, 5.41) is 0. The van der Waals surface area contributed by atoms with Gasteiger partial charge in [-0.05, 0) is 33.2 Å². The van der Waals surface area contributed by atoms with Crippen molar-refractivity contribution in [3.63, 3.8) is 0 Å². The monoisotopic (exact) mass is 201 g/mol. The van der Waals surface area contributed by atoms with Gasteiger partial charge in [-0.15, -0.1) is 0 Å². The molecule has 0 radical (unpaired) electrons. The summed E-state index contributed by atoms with van der Waals surface area (Å²) in [6, 6.07) is 0. The predicted molar refractivity (Wildman–Crippen MR) is 52.9 cm³/mol. The number of rotatable bonds is 6. The van der Waals surface area contributed by atoms with Crippen molar-refractivity contribution in [2.24, 2.45) is 0 Å². The highest BCUT2D eigenvalue weighted by Crippen LogP contribution is 2.28. The molecule has 1 rings (SSSR count). The van der Waals surface area contributed by atoms with Crippen LogP contribution in [0.1, 0.15) is 26.2 Å². The third-order valence-corrected chi connectivity index (χ3v) is 2.69. The van der Waals surface area contributed by atoms with Crippen LogP contribution in [0.15, 0.2) is 0 Å². The molecule has 0 aromatic carbocycles. The van der Waals surface area contributed by atoms with Crippen LogP contribution in [0.3, 0.4) is 0 Å². The normalized spacial score (nSPS) is 26.8. The van der Waals surface area contributed by atoms with Crippen LogP contribution in [0.25, 0.3) is 0 Å². The summed E-state index contributed by atoms with van der Waals surface area (Å²) in [4.78, 5) is 11.9. The fourth-order valence-electron chi connectivity index (χ4n) is 1.68. The second-order valence-electron chi connectivity index (χ2n) is 4.12. The van der Waals surface area contributed by atoms with Crippen molar-refractivity contribution in [1.29, 1.82) is 0 Å². The Bertz CT molecular complexity index is 178. The van der Waals surface area contributed by atoms with Gasteiger partial charge in [-0.3, -0.25) is 9.69 Å². The van der Waals surface area contributed by atoms with Gasteiger partial charge in [0, 0.05) is 13.2 Å². The number of ether oxygens (including phenoxy) is 2. The Morgan fingerprint density at radius 1 is 1.64 bits per heavy atom. The summed E-state index contributed by atoms with van der Waals surface area (Å²) in [6.07, 6.45) is 3.28. The zero-order chi connectivity index (χ0) is 10.4. The molecule has 1 aliphatic heterocycles. The van der Waals surface area contributed by atoms with Crippen LogP contribution in [-0.2, 0) is 14.3 Å². The van der Waals surface area contributed by atoms with E-state index in [4.69, 9.17) is 4.74 Å². The van der Waals surface area contributed by atoms with E-state index in [1.165, 1.54) is 0 Å². The molecule has 0 aromatic rings. The van der Waals surface area contributed by atoms with E-state index in [0.717, 1.165) is 32.4 Å². The molecule has 1 heterocycles. The molecule has 0 spiro atoms. The maximum Gasteiger partial charge on any atom is 0.294 e. The molecule has 0 N–H and O–H groups in total. The molecule has 82 valence electrons. The van der Waals surface area contributed by atoms with Crippen LogP contribution in [0.2, 0.25) is 0 Å². The third kappa shape index (κ3) is 3.64. The Morgan fingerprint density at radius 3 is 3.00 bits per heavy atom. The second-order valence-corrected chi connectivity index (χ2v) is 4.12. The predicted octanol–water partition coefficient (Wildman–Crippen LogP) is 1.01. The quantitative estimate of drug-likeness (QED) is 0.475. The first-order valence-corrected chi connectivity index (χ1v) is 5.04. The molecule has 0 aromatic heterocycles. The van der Waals surface area contributed by atoms with E-state index in [1.807, 2.05) is 11.9 Å². The van der Waals surface area contributed by atoms with Gasteiger partial charge in [0.25, 0.3) is 6.47 Å². The highest BCUT2D eigenvalue weighted by molar-refractivity contribution is 5.36. The fraction of sp³-hybridized carbons (Fsp3) is 0.900. The lowest BCUT2D eigenvalue weighted by Gasteiger charge is -2.25. The molecule has 0 saturated carbocycles. The lowest BCUT2D eigenvalue weighted by molar-refractivity contribution is -0.132. The summed E-state index contributed by atoms with van der Waals surface area (Å²) in [6.45, 7) is 4.76. The Morgan fingerprint density at radius 2 is 2.43 bits per heavy atom. The van der Waals surface area contributed by atoms with Crippen molar-refractivity contribution >= 4 is 6.47 Å². The van der Waals surface area contributed by atoms with E-state index in [-0.39, 0.29) is 5.60 Å². The molecule has 1 aliphatic rings. The zero-order valence-electron chi connectivity index (χ0n) is 8.99. The van der Waals surface area contributed by atoms with E-state index in [9.17, 15) is 4.79 Å². The molecular weight excluding hydrogens is 182 g/mol. The minimum atomic E-state index is 0.0371. The maximum absolute atomic E-state index is 9.96. The summed E-state index contributed by atoms with van der Waals surface area (Å²) in [7, 11) is 1.93. The van der Waals surface area contributed by atoms with Gasteiger partial charge in [0.05, 0.1) is 5.60 Å². The Kier molecular flexibility index (Phi) is 4.35. The number of nitrogens with zero attached hydrogens (tertiary/aromatic N) is 1. The van der Waals surface area contributed by atoms with Gasteiger partial charge in [-0.1, -0.05) is 0 Å². The van der Waals surface area contributed by atoms with Crippen molar-refractivity contribution in [1.82, 2.24) is 4.90 Å². The van der Waals surface area contributed by atoms with Gasteiger partial charge < -0.3 is 9.47 Å². The first kappa shape index (κ1) is 11.5. The topological polar surface area (TPSA) is 38.8 Å². The molecule has 4 nitrogen and oxygen atoms in total. The Hall–Kier alpha value is -0.610. The highest BCUT2D eigenvalue weighted by atomic mass is 16.5. The smallest absolute Gasteiger partial charge is 0.294 e. The van der Waals surface area contributed by atoms with Crippen molar-refractivity contribution in [2.75, 3.05) is 26.9 Å². The summed E-state index contributed by atoms with van der Waals surface area (Å²) >= 11 is 0. The number of carbonyl (C=O) groups excluding carboxylic acids is 1. The lowest BCUT2D eigenvalue weighted by Crippen LogP contribution is -2.31. The lowest BCUT2D eigenvalue weighted by atomic mass is 9.98. The Balaban J connectivity index is 2.15. The molecule has 1 unspecified atom stereocenters. The largest absolute Gasteiger partial charge is 0.452 e. The molecule has 0 bridgehead atoms. The second kappa shape index (κ2) is 5.32. The average molecular weight is 201 g/mol. The van der Waals surface area contributed by atoms with Crippen molar-refractivity contribution in [3.8, 4) is 0 Å². The average Bonchev–Trinajstić information content (AvgIpc) is 2.60. The van der Waals surface area contributed by atoms with Crippen molar-refractivity contribution in [3.05, 3.63) is 0 Å². The van der Waals surface area contributed by atoms with Crippen LogP contribution < -0.4 is 0 Å². The van der Waals surface area contributed by atoms with Gasteiger partial charge in [0.2, 0.25) is 0 Å². The standard InChI is InChI=1S/C10H19NO3/c1-10(4-3-7-14-10)5-6-11(2)8-13-9-12/h9H,3-8H2,1-2H3. The van der Waals surface area contributed by atoms with Crippen LogP contribution in [-0.4, -0.2) is 43.9 Å². The number of carbonyl (C=O) groups is 1. The first-order chi connectivity index (χ1) is 6.66.